The van der Waals surface area contributed by atoms with Crippen LogP contribution < -0.4 is 16.0 Å². The predicted octanol–water partition coefficient (Wildman–Crippen LogP) is 1.42. The number of aromatic amines is 1. The second kappa shape index (κ2) is 7.06. The Hall–Kier alpha value is -3.68. The Kier molecular flexibility index (Phi) is 4.66. The normalized spacial score (nSPS) is 12.3. The van der Waals surface area contributed by atoms with Gasteiger partial charge in [0.2, 0.25) is 0 Å². The standard InChI is InChI=1S/C18H15N3O5/c1-11(17(23)24)26-15-9-5-2-6-12(15)10-19-21-16(22)13-7-3-4-8-14(13)20-18(21)25/h2-11H,1H3,(H,20,25)(H,23,24)/t11-/m1/s1. The number of benzene rings is 2. The summed E-state index contributed by atoms with van der Waals surface area (Å²) in [5.41, 5.74) is -0.381. The molecule has 0 saturated heterocycles. The van der Waals surface area contributed by atoms with Crippen molar-refractivity contribution in [3.8, 4) is 5.75 Å². The number of carbonyl (C=O) groups is 1. The van der Waals surface area contributed by atoms with Crippen molar-refractivity contribution in [3.63, 3.8) is 0 Å². The Morgan fingerprint density at radius 1 is 1.19 bits per heavy atom. The van der Waals surface area contributed by atoms with Crippen molar-refractivity contribution in [2.45, 2.75) is 13.0 Å². The maximum absolute atomic E-state index is 12.4. The number of aromatic nitrogens is 2. The molecular formula is C18H15N3O5. The molecule has 0 aliphatic rings. The van der Waals surface area contributed by atoms with Crippen molar-refractivity contribution in [1.29, 1.82) is 0 Å². The van der Waals surface area contributed by atoms with Crippen molar-refractivity contribution in [3.05, 3.63) is 74.9 Å². The number of carboxylic acid groups (broad SMARTS) is 1. The largest absolute Gasteiger partial charge is 0.479 e. The Bertz CT molecular complexity index is 1110. The van der Waals surface area contributed by atoms with Gasteiger partial charge in [-0.3, -0.25) is 4.79 Å². The fourth-order valence-electron chi connectivity index (χ4n) is 2.31. The number of ether oxygens (including phenoxy) is 1. The number of H-pyrrole nitrogens is 1. The van der Waals surface area contributed by atoms with Crippen LogP contribution in [-0.2, 0) is 4.79 Å². The lowest BCUT2D eigenvalue weighted by atomic mass is 10.2. The summed E-state index contributed by atoms with van der Waals surface area (Å²) < 4.78 is 6.07. The van der Waals surface area contributed by atoms with E-state index >= 15 is 0 Å². The van der Waals surface area contributed by atoms with Gasteiger partial charge in [0.1, 0.15) is 5.75 Å². The van der Waals surface area contributed by atoms with Gasteiger partial charge in [0.25, 0.3) is 5.56 Å². The van der Waals surface area contributed by atoms with Crippen LogP contribution in [-0.4, -0.2) is 33.1 Å². The number of para-hydroxylation sites is 2. The van der Waals surface area contributed by atoms with Crippen molar-refractivity contribution in [2.24, 2.45) is 5.10 Å². The molecule has 0 aliphatic carbocycles. The molecule has 0 bridgehead atoms. The Labute approximate surface area is 147 Å². The van der Waals surface area contributed by atoms with Gasteiger partial charge < -0.3 is 14.8 Å². The maximum atomic E-state index is 12.4. The van der Waals surface area contributed by atoms with Crippen molar-refractivity contribution >= 4 is 23.1 Å². The van der Waals surface area contributed by atoms with Crippen LogP contribution in [0.1, 0.15) is 12.5 Å². The molecule has 2 aromatic carbocycles. The second-order valence-electron chi connectivity index (χ2n) is 5.47. The molecule has 26 heavy (non-hydrogen) atoms. The lowest BCUT2D eigenvalue weighted by molar-refractivity contribution is -0.144. The van der Waals surface area contributed by atoms with Gasteiger partial charge >= 0.3 is 11.7 Å². The molecule has 0 fully saturated rings. The van der Waals surface area contributed by atoms with Gasteiger partial charge in [-0.25, -0.2) is 9.59 Å². The average Bonchev–Trinajstić information content (AvgIpc) is 2.62. The topological polar surface area (TPSA) is 114 Å². The number of nitrogens with one attached hydrogen (secondary N) is 1. The summed E-state index contributed by atoms with van der Waals surface area (Å²) in [7, 11) is 0. The molecule has 2 N–H and O–H groups in total. The van der Waals surface area contributed by atoms with Crippen LogP contribution in [0.2, 0.25) is 0 Å². The molecule has 0 unspecified atom stereocenters. The molecule has 0 aliphatic heterocycles. The minimum absolute atomic E-state index is 0.274. The summed E-state index contributed by atoms with van der Waals surface area (Å²) >= 11 is 0. The number of hydrogen-bond acceptors (Lipinski definition) is 5. The van der Waals surface area contributed by atoms with E-state index < -0.39 is 23.3 Å². The summed E-state index contributed by atoms with van der Waals surface area (Å²) in [5.74, 6) is -0.838. The van der Waals surface area contributed by atoms with Crippen LogP contribution >= 0.6 is 0 Å². The Morgan fingerprint density at radius 2 is 1.88 bits per heavy atom. The van der Waals surface area contributed by atoms with E-state index in [0.29, 0.717) is 21.1 Å². The zero-order valence-electron chi connectivity index (χ0n) is 13.7. The van der Waals surface area contributed by atoms with Crippen molar-refractivity contribution in [1.82, 2.24) is 9.66 Å². The third kappa shape index (κ3) is 3.39. The molecule has 3 aromatic rings. The number of aliphatic carboxylic acids is 1. The van der Waals surface area contributed by atoms with Gasteiger partial charge in [0.05, 0.1) is 17.1 Å². The maximum Gasteiger partial charge on any atom is 0.349 e. The zero-order chi connectivity index (χ0) is 18.7. The minimum atomic E-state index is -1.11. The fourth-order valence-corrected chi connectivity index (χ4v) is 2.31. The highest BCUT2D eigenvalue weighted by atomic mass is 16.5. The Balaban J connectivity index is 2.02. The highest BCUT2D eigenvalue weighted by Gasteiger charge is 2.14. The lowest BCUT2D eigenvalue weighted by Gasteiger charge is -2.12. The van der Waals surface area contributed by atoms with E-state index in [-0.39, 0.29) is 5.75 Å². The van der Waals surface area contributed by atoms with Gasteiger partial charge in [-0.2, -0.15) is 5.10 Å². The van der Waals surface area contributed by atoms with Gasteiger partial charge in [0.15, 0.2) is 6.10 Å². The summed E-state index contributed by atoms with van der Waals surface area (Å²) in [4.78, 5) is 38.1. The number of hydrogen-bond donors (Lipinski definition) is 2. The fraction of sp³-hybridized carbons (Fsp3) is 0.111. The highest BCUT2D eigenvalue weighted by molar-refractivity contribution is 5.84. The predicted molar refractivity (Wildman–Crippen MR) is 96.0 cm³/mol. The first-order valence-electron chi connectivity index (χ1n) is 7.74. The van der Waals surface area contributed by atoms with Crippen molar-refractivity contribution < 1.29 is 14.6 Å². The zero-order valence-corrected chi connectivity index (χ0v) is 13.7. The number of carboxylic acids is 1. The van der Waals surface area contributed by atoms with Gasteiger partial charge in [0, 0.05) is 5.56 Å². The van der Waals surface area contributed by atoms with Crippen LogP contribution in [0.5, 0.6) is 5.75 Å². The monoisotopic (exact) mass is 353 g/mol. The molecule has 1 heterocycles. The van der Waals surface area contributed by atoms with Crippen LogP contribution in [0.25, 0.3) is 10.9 Å². The quantitative estimate of drug-likeness (QED) is 0.674. The molecule has 1 aromatic heterocycles. The van der Waals surface area contributed by atoms with E-state index in [1.807, 2.05) is 0 Å². The van der Waals surface area contributed by atoms with Crippen LogP contribution in [0.3, 0.4) is 0 Å². The third-order valence-electron chi connectivity index (χ3n) is 3.67. The van der Waals surface area contributed by atoms with Crippen LogP contribution in [0, 0.1) is 0 Å². The van der Waals surface area contributed by atoms with Crippen LogP contribution in [0.15, 0.2) is 63.2 Å². The SMILES string of the molecule is C[C@@H](Oc1ccccc1C=Nn1c(=O)[nH]c2ccccc2c1=O)C(=O)O. The van der Waals surface area contributed by atoms with E-state index in [4.69, 9.17) is 9.84 Å². The molecule has 8 nitrogen and oxygen atoms in total. The summed E-state index contributed by atoms with van der Waals surface area (Å²) in [6.07, 6.45) is 0.214. The van der Waals surface area contributed by atoms with Gasteiger partial charge in [-0.15, -0.1) is 4.68 Å². The van der Waals surface area contributed by atoms with Crippen molar-refractivity contribution in [2.75, 3.05) is 0 Å². The first-order valence-corrected chi connectivity index (χ1v) is 7.74. The second-order valence-corrected chi connectivity index (χ2v) is 5.47. The van der Waals surface area contributed by atoms with E-state index in [0.717, 1.165) is 0 Å². The minimum Gasteiger partial charge on any atom is -0.479 e. The van der Waals surface area contributed by atoms with Gasteiger partial charge in [-0.05, 0) is 31.2 Å². The molecule has 3 rings (SSSR count). The van der Waals surface area contributed by atoms with E-state index in [2.05, 4.69) is 10.1 Å². The molecule has 0 amide bonds. The van der Waals surface area contributed by atoms with E-state index in [1.165, 1.54) is 13.1 Å². The summed E-state index contributed by atoms with van der Waals surface area (Å²) in [5, 5.41) is 13.2. The molecular weight excluding hydrogens is 338 g/mol. The first-order chi connectivity index (χ1) is 12.5. The smallest absolute Gasteiger partial charge is 0.349 e. The first kappa shape index (κ1) is 17.2. The van der Waals surface area contributed by atoms with E-state index in [1.54, 1.807) is 48.5 Å². The van der Waals surface area contributed by atoms with E-state index in [9.17, 15) is 14.4 Å². The summed E-state index contributed by atoms with van der Waals surface area (Å²) in [6.45, 7) is 1.40. The molecule has 0 radical (unpaired) electrons. The lowest BCUT2D eigenvalue weighted by Crippen LogP contribution is -2.32. The van der Waals surface area contributed by atoms with Gasteiger partial charge in [-0.1, -0.05) is 24.3 Å². The summed E-state index contributed by atoms with van der Waals surface area (Å²) in [6, 6.07) is 13.2. The molecule has 0 saturated carbocycles. The highest BCUT2D eigenvalue weighted by Crippen LogP contribution is 2.17. The number of nitrogens with zero attached hydrogens (tertiary/aromatic N) is 2. The molecule has 132 valence electrons. The Morgan fingerprint density at radius 3 is 2.65 bits per heavy atom. The number of fused-ring (bicyclic) bond motifs is 1. The average molecular weight is 353 g/mol. The molecule has 1 atom stereocenters. The van der Waals surface area contributed by atoms with Crippen LogP contribution in [0.4, 0.5) is 0 Å². The number of rotatable bonds is 5. The molecule has 0 spiro atoms. The third-order valence-corrected chi connectivity index (χ3v) is 3.67. The molecule has 8 heteroatoms.